The summed E-state index contributed by atoms with van der Waals surface area (Å²) in [4.78, 5) is 7.03. The number of pyridine rings is 1. The van der Waals surface area contributed by atoms with Crippen LogP contribution in [0.2, 0.25) is 0 Å². The fourth-order valence-electron chi connectivity index (χ4n) is 7.34. The summed E-state index contributed by atoms with van der Waals surface area (Å²) >= 11 is 3.37. The average molecular weight is 470 g/mol. The molecule has 0 amide bonds. The van der Waals surface area contributed by atoms with E-state index in [2.05, 4.69) is 57.5 Å². The van der Waals surface area contributed by atoms with Gasteiger partial charge in [0.15, 0.2) is 5.82 Å². The van der Waals surface area contributed by atoms with Crippen molar-refractivity contribution in [3.05, 3.63) is 53.7 Å². The summed E-state index contributed by atoms with van der Waals surface area (Å²) < 4.78 is 2.09. The van der Waals surface area contributed by atoms with E-state index in [1.807, 2.05) is 0 Å². The van der Waals surface area contributed by atoms with Crippen LogP contribution in [0.4, 0.5) is 0 Å². The highest BCUT2D eigenvalue weighted by Gasteiger charge is 2.54. The van der Waals surface area contributed by atoms with Crippen LogP contribution in [0.25, 0.3) is 37.0 Å². The highest BCUT2D eigenvalue weighted by molar-refractivity contribution is 7.20. The molecule has 4 bridgehead atoms. The van der Waals surface area contributed by atoms with Crippen molar-refractivity contribution in [2.45, 2.75) is 43.9 Å². The molecule has 164 valence electrons. The summed E-state index contributed by atoms with van der Waals surface area (Å²) in [7, 11) is 0. The number of hydrogen-bond acceptors (Lipinski definition) is 6. The van der Waals surface area contributed by atoms with Crippen molar-refractivity contribution >= 4 is 38.5 Å². The van der Waals surface area contributed by atoms with Crippen molar-refractivity contribution in [2.24, 2.45) is 17.8 Å². The SMILES string of the molecule is c1csc(-c2cc(-c3nn4c(C56CC7CC(CC(C7)C5)C6)nnc4s3)c3ccccc3n2)c1. The summed E-state index contributed by atoms with van der Waals surface area (Å²) in [5.41, 5.74) is 3.33. The van der Waals surface area contributed by atoms with Crippen molar-refractivity contribution in [1.29, 1.82) is 0 Å². The van der Waals surface area contributed by atoms with E-state index in [4.69, 9.17) is 15.2 Å². The van der Waals surface area contributed by atoms with E-state index in [1.165, 1.54) is 43.4 Å². The first kappa shape index (κ1) is 18.7. The molecular formula is C26H23N5S2. The topological polar surface area (TPSA) is 56.0 Å². The molecule has 4 fully saturated rings. The van der Waals surface area contributed by atoms with Gasteiger partial charge in [-0.1, -0.05) is 35.6 Å². The summed E-state index contributed by atoms with van der Waals surface area (Å²) in [6, 6.07) is 14.8. The van der Waals surface area contributed by atoms with Crippen LogP contribution < -0.4 is 0 Å². The molecule has 4 aliphatic carbocycles. The predicted molar refractivity (Wildman–Crippen MR) is 133 cm³/mol. The summed E-state index contributed by atoms with van der Waals surface area (Å²) in [5, 5.41) is 18.8. The first-order valence-electron chi connectivity index (χ1n) is 11.9. The van der Waals surface area contributed by atoms with Crippen LogP contribution in [0.15, 0.2) is 47.8 Å². The van der Waals surface area contributed by atoms with Crippen LogP contribution >= 0.6 is 22.7 Å². The molecule has 4 aliphatic rings. The van der Waals surface area contributed by atoms with Gasteiger partial charge in [0, 0.05) is 16.4 Å². The maximum atomic E-state index is 5.16. The molecule has 7 heteroatoms. The summed E-state index contributed by atoms with van der Waals surface area (Å²) in [5.74, 6) is 3.74. The fraction of sp³-hybridized carbons (Fsp3) is 0.385. The van der Waals surface area contributed by atoms with Crippen LogP contribution in [-0.4, -0.2) is 24.8 Å². The molecule has 0 unspecified atom stereocenters. The number of nitrogens with zero attached hydrogens (tertiary/aromatic N) is 5. The number of fused-ring (bicyclic) bond motifs is 2. The van der Waals surface area contributed by atoms with E-state index >= 15 is 0 Å². The number of thiophene rings is 1. The smallest absolute Gasteiger partial charge is 0.235 e. The lowest BCUT2D eigenvalue weighted by molar-refractivity contribution is -0.0103. The van der Waals surface area contributed by atoms with Crippen LogP contribution in [0.3, 0.4) is 0 Å². The molecule has 0 saturated heterocycles. The monoisotopic (exact) mass is 469 g/mol. The molecule has 33 heavy (non-hydrogen) atoms. The van der Waals surface area contributed by atoms with Gasteiger partial charge in [0.1, 0.15) is 5.01 Å². The lowest BCUT2D eigenvalue weighted by atomic mass is 9.49. The average Bonchev–Trinajstić information content (AvgIpc) is 3.55. The second-order valence-electron chi connectivity index (χ2n) is 10.4. The number of hydrogen-bond donors (Lipinski definition) is 0. The summed E-state index contributed by atoms with van der Waals surface area (Å²) in [6.07, 6.45) is 8.10. The number of aromatic nitrogens is 5. The van der Waals surface area contributed by atoms with Crippen molar-refractivity contribution in [3.63, 3.8) is 0 Å². The van der Waals surface area contributed by atoms with E-state index < -0.39 is 0 Å². The van der Waals surface area contributed by atoms with E-state index in [9.17, 15) is 0 Å². The molecule has 0 aliphatic heterocycles. The number of rotatable bonds is 3. The third-order valence-corrected chi connectivity index (χ3v) is 10.0. The van der Waals surface area contributed by atoms with Gasteiger partial charge in [0.05, 0.1) is 16.1 Å². The Bertz CT molecular complexity index is 1480. The number of para-hydroxylation sites is 1. The first-order valence-corrected chi connectivity index (χ1v) is 13.6. The van der Waals surface area contributed by atoms with Gasteiger partial charge in [-0.2, -0.15) is 9.61 Å². The van der Waals surface area contributed by atoms with Gasteiger partial charge in [-0.3, -0.25) is 0 Å². The zero-order valence-corrected chi connectivity index (χ0v) is 19.8. The highest BCUT2D eigenvalue weighted by Crippen LogP contribution is 2.60. The molecule has 0 spiro atoms. The third kappa shape index (κ3) is 2.75. The van der Waals surface area contributed by atoms with Crippen LogP contribution in [-0.2, 0) is 5.41 Å². The van der Waals surface area contributed by atoms with Gasteiger partial charge < -0.3 is 0 Å². The first-order chi connectivity index (χ1) is 16.2. The van der Waals surface area contributed by atoms with Crippen LogP contribution in [0.5, 0.6) is 0 Å². The minimum absolute atomic E-state index is 0.182. The molecule has 0 N–H and O–H groups in total. The molecule has 0 atom stereocenters. The summed E-state index contributed by atoms with van der Waals surface area (Å²) in [6.45, 7) is 0. The number of benzene rings is 1. The zero-order valence-electron chi connectivity index (χ0n) is 18.1. The second-order valence-corrected chi connectivity index (χ2v) is 12.3. The lowest BCUT2D eigenvalue weighted by Crippen LogP contribution is -2.49. The predicted octanol–water partition coefficient (Wildman–Crippen LogP) is 6.60. The Hall–Kier alpha value is -2.64. The van der Waals surface area contributed by atoms with Crippen LogP contribution in [0.1, 0.15) is 44.3 Å². The largest absolute Gasteiger partial charge is 0.247 e. The van der Waals surface area contributed by atoms with Crippen molar-refractivity contribution < 1.29 is 0 Å². The van der Waals surface area contributed by atoms with Crippen molar-refractivity contribution in [3.8, 4) is 21.1 Å². The highest BCUT2D eigenvalue weighted by atomic mass is 32.1. The Morgan fingerprint density at radius 2 is 1.70 bits per heavy atom. The van der Waals surface area contributed by atoms with E-state index in [1.54, 1.807) is 22.7 Å². The molecular weight excluding hydrogens is 446 g/mol. The maximum Gasteiger partial charge on any atom is 0.235 e. The standard InChI is InChI=1S/C26H23N5S2/c1-2-5-20-18(4-1)19(11-21(27-20)22-6-3-7-32-22)23-30-31-24(28-29-25(31)33-23)26-12-15-8-16(13-26)10-17(9-15)14-26/h1-7,11,15-17H,8-10,12-14H2. The normalized spacial score (nSPS) is 28.3. The minimum Gasteiger partial charge on any atom is -0.247 e. The molecule has 1 aromatic carbocycles. The Kier molecular flexibility index (Phi) is 3.81. The van der Waals surface area contributed by atoms with Gasteiger partial charge in [-0.05, 0) is 79.9 Å². The molecule has 4 aromatic heterocycles. The minimum atomic E-state index is 0.182. The van der Waals surface area contributed by atoms with E-state index in [0.717, 1.165) is 55.7 Å². The van der Waals surface area contributed by atoms with E-state index in [-0.39, 0.29) is 5.41 Å². The van der Waals surface area contributed by atoms with Gasteiger partial charge in [-0.15, -0.1) is 21.5 Å². The van der Waals surface area contributed by atoms with Gasteiger partial charge >= 0.3 is 0 Å². The second kappa shape index (κ2) is 6.70. The fourth-order valence-corrected chi connectivity index (χ4v) is 8.90. The molecule has 0 radical (unpaired) electrons. The van der Waals surface area contributed by atoms with E-state index in [0.29, 0.717) is 0 Å². The maximum absolute atomic E-state index is 5.16. The molecule has 4 heterocycles. The lowest BCUT2D eigenvalue weighted by Gasteiger charge is -2.55. The van der Waals surface area contributed by atoms with Gasteiger partial charge in [0.2, 0.25) is 4.96 Å². The quantitative estimate of drug-likeness (QED) is 0.299. The molecule has 9 rings (SSSR count). The molecule has 5 aromatic rings. The Morgan fingerprint density at radius 3 is 2.45 bits per heavy atom. The molecule has 4 saturated carbocycles. The Balaban J connectivity index is 1.30. The zero-order chi connectivity index (χ0) is 21.6. The van der Waals surface area contributed by atoms with Crippen LogP contribution in [0, 0.1) is 17.8 Å². The third-order valence-electron chi connectivity index (χ3n) is 8.22. The van der Waals surface area contributed by atoms with Gasteiger partial charge in [-0.25, -0.2) is 4.98 Å². The Labute approximate surface area is 199 Å². The molecule has 5 nitrogen and oxygen atoms in total. The Morgan fingerprint density at radius 1 is 0.909 bits per heavy atom. The van der Waals surface area contributed by atoms with Crippen molar-refractivity contribution in [2.75, 3.05) is 0 Å². The van der Waals surface area contributed by atoms with Gasteiger partial charge in [0.25, 0.3) is 0 Å². The van der Waals surface area contributed by atoms with Crippen molar-refractivity contribution in [1.82, 2.24) is 24.8 Å².